The van der Waals surface area contributed by atoms with Crippen molar-refractivity contribution in [1.29, 1.82) is 0 Å². The molecule has 0 aromatic heterocycles. The number of aryl methyl sites for hydroxylation is 2. The molecule has 0 saturated heterocycles. The molecule has 0 atom stereocenters. The van der Waals surface area contributed by atoms with E-state index in [2.05, 4.69) is 22.6 Å². The van der Waals surface area contributed by atoms with Crippen LogP contribution in [-0.2, 0) is 4.79 Å². The minimum atomic E-state index is 0.142. The first-order chi connectivity index (χ1) is 6.57. The molecule has 1 amide bonds. The van der Waals surface area contributed by atoms with Gasteiger partial charge in [0.15, 0.2) is 0 Å². The molecule has 2 nitrogen and oxygen atoms in total. The van der Waals surface area contributed by atoms with Crippen LogP contribution in [0.2, 0.25) is 0 Å². The van der Waals surface area contributed by atoms with Gasteiger partial charge in [0.2, 0.25) is 5.91 Å². The number of rotatable bonds is 2. The molecule has 0 saturated carbocycles. The summed E-state index contributed by atoms with van der Waals surface area (Å²) in [5, 5.41) is 0. The van der Waals surface area contributed by atoms with E-state index in [0.29, 0.717) is 4.43 Å². The second-order valence-electron chi connectivity index (χ2n) is 3.33. The second-order valence-corrected chi connectivity index (χ2v) is 4.09. The summed E-state index contributed by atoms with van der Waals surface area (Å²) in [7, 11) is 1.83. The minimum absolute atomic E-state index is 0.142. The maximum atomic E-state index is 11.5. The van der Waals surface area contributed by atoms with E-state index in [9.17, 15) is 4.79 Å². The Morgan fingerprint density at radius 2 is 1.86 bits per heavy atom. The Morgan fingerprint density at radius 3 is 2.29 bits per heavy atom. The Balaban J connectivity index is 3.11. The average Bonchev–Trinajstić information content (AvgIpc) is 2.16. The predicted octanol–water partition coefficient (Wildman–Crippen LogP) is 2.70. The Morgan fingerprint density at radius 1 is 1.36 bits per heavy atom. The molecule has 0 aliphatic carbocycles. The molecule has 0 heterocycles. The van der Waals surface area contributed by atoms with E-state index in [1.165, 1.54) is 0 Å². The van der Waals surface area contributed by atoms with Gasteiger partial charge in [-0.15, -0.1) is 0 Å². The van der Waals surface area contributed by atoms with Crippen molar-refractivity contribution >= 4 is 34.2 Å². The quantitative estimate of drug-likeness (QED) is 0.608. The van der Waals surface area contributed by atoms with Gasteiger partial charge in [0.05, 0.1) is 4.43 Å². The molecule has 0 radical (unpaired) electrons. The molecule has 14 heavy (non-hydrogen) atoms. The summed E-state index contributed by atoms with van der Waals surface area (Å²) in [5.41, 5.74) is 3.32. The third-order valence-electron chi connectivity index (χ3n) is 2.26. The van der Waals surface area contributed by atoms with Crippen molar-refractivity contribution in [2.24, 2.45) is 0 Å². The van der Waals surface area contributed by atoms with Crippen LogP contribution in [-0.4, -0.2) is 17.4 Å². The van der Waals surface area contributed by atoms with E-state index < -0.39 is 0 Å². The summed E-state index contributed by atoms with van der Waals surface area (Å²) in [6, 6.07) is 6.06. The van der Waals surface area contributed by atoms with E-state index >= 15 is 0 Å². The van der Waals surface area contributed by atoms with E-state index in [1.807, 2.05) is 39.1 Å². The standard InChI is InChI=1S/C11H14INO/c1-8-5-4-6-9(2)11(8)13(3)10(14)7-12/h4-6H,7H2,1-3H3. The van der Waals surface area contributed by atoms with Crippen LogP contribution < -0.4 is 4.90 Å². The SMILES string of the molecule is Cc1cccc(C)c1N(C)C(=O)CI. The molecule has 0 spiro atoms. The van der Waals surface area contributed by atoms with Crippen molar-refractivity contribution in [1.82, 2.24) is 0 Å². The molecule has 0 fully saturated rings. The first-order valence-electron chi connectivity index (χ1n) is 4.46. The molecule has 0 unspecified atom stereocenters. The minimum Gasteiger partial charge on any atom is -0.314 e. The van der Waals surface area contributed by atoms with Crippen molar-refractivity contribution in [3.05, 3.63) is 29.3 Å². The van der Waals surface area contributed by atoms with Crippen molar-refractivity contribution in [3.8, 4) is 0 Å². The molecule has 0 bridgehead atoms. The molecular formula is C11H14INO. The fraction of sp³-hybridized carbons (Fsp3) is 0.364. The molecule has 0 aliphatic rings. The summed E-state index contributed by atoms with van der Waals surface area (Å²) in [6.07, 6.45) is 0. The van der Waals surface area contributed by atoms with Crippen LogP contribution in [0.25, 0.3) is 0 Å². The zero-order valence-corrected chi connectivity index (χ0v) is 10.8. The normalized spacial score (nSPS) is 10.0. The van der Waals surface area contributed by atoms with E-state index in [1.54, 1.807) is 4.90 Å². The van der Waals surface area contributed by atoms with Gasteiger partial charge >= 0.3 is 0 Å². The van der Waals surface area contributed by atoms with Crippen LogP contribution >= 0.6 is 22.6 Å². The molecule has 0 aliphatic heterocycles. The topological polar surface area (TPSA) is 20.3 Å². The van der Waals surface area contributed by atoms with Crippen LogP contribution in [0, 0.1) is 13.8 Å². The highest BCUT2D eigenvalue weighted by molar-refractivity contribution is 14.1. The largest absolute Gasteiger partial charge is 0.314 e. The number of carbonyl (C=O) groups excluding carboxylic acids is 1. The van der Waals surface area contributed by atoms with Crippen LogP contribution in [0.15, 0.2) is 18.2 Å². The molecule has 0 N–H and O–H groups in total. The third-order valence-corrected chi connectivity index (χ3v) is 2.92. The van der Waals surface area contributed by atoms with Crippen molar-refractivity contribution in [2.75, 3.05) is 16.4 Å². The molecular weight excluding hydrogens is 289 g/mol. The molecule has 76 valence electrons. The van der Waals surface area contributed by atoms with Crippen LogP contribution in [0.4, 0.5) is 5.69 Å². The smallest absolute Gasteiger partial charge is 0.236 e. The van der Waals surface area contributed by atoms with Crippen molar-refractivity contribution in [3.63, 3.8) is 0 Å². The number of para-hydroxylation sites is 1. The Kier molecular flexibility index (Phi) is 3.92. The first-order valence-corrected chi connectivity index (χ1v) is 5.99. The monoisotopic (exact) mass is 303 g/mol. The lowest BCUT2D eigenvalue weighted by molar-refractivity contribution is -0.115. The predicted molar refractivity (Wildman–Crippen MR) is 68.2 cm³/mol. The number of halogens is 1. The second kappa shape index (κ2) is 4.77. The van der Waals surface area contributed by atoms with E-state index in [0.717, 1.165) is 16.8 Å². The number of hydrogen-bond donors (Lipinski definition) is 0. The lowest BCUT2D eigenvalue weighted by Crippen LogP contribution is -2.28. The summed E-state index contributed by atoms with van der Waals surface area (Å²) < 4.78 is 0.516. The van der Waals surface area contributed by atoms with Crippen LogP contribution in [0.1, 0.15) is 11.1 Å². The summed E-state index contributed by atoms with van der Waals surface area (Å²) >= 11 is 2.09. The van der Waals surface area contributed by atoms with Gasteiger partial charge in [-0.25, -0.2) is 0 Å². The molecule has 1 aromatic rings. The van der Waals surface area contributed by atoms with Crippen molar-refractivity contribution < 1.29 is 4.79 Å². The lowest BCUT2D eigenvalue weighted by atomic mass is 10.1. The van der Waals surface area contributed by atoms with Gasteiger partial charge in [-0.2, -0.15) is 0 Å². The van der Waals surface area contributed by atoms with Gasteiger partial charge in [-0.3, -0.25) is 4.79 Å². The number of benzene rings is 1. The summed E-state index contributed by atoms with van der Waals surface area (Å²) in [4.78, 5) is 13.3. The number of alkyl halides is 1. The molecule has 3 heteroatoms. The van der Waals surface area contributed by atoms with Crippen molar-refractivity contribution in [2.45, 2.75) is 13.8 Å². The Labute approximate surface area is 98.4 Å². The molecule has 1 rings (SSSR count). The number of nitrogens with zero attached hydrogens (tertiary/aromatic N) is 1. The average molecular weight is 303 g/mol. The van der Waals surface area contributed by atoms with Gasteiger partial charge in [0.25, 0.3) is 0 Å². The molecule has 1 aromatic carbocycles. The first kappa shape index (κ1) is 11.5. The maximum Gasteiger partial charge on any atom is 0.236 e. The van der Waals surface area contributed by atoms with E-state index in [4.69, 9.17) is 0 Å². The Hall–Kier alpha value is -0.580. The van der Waals surface area contributed by atoms with Gasteiger partial charge in [-0.05, 0) is 25.0 Å². The van der Waals surface area contributed by atoms with Gasteiger partial charge in [0, 0.05) is 12.7 Å². The fourth-order valence-corrected chi connectivity index (χ4v) is 2.06. The highest BCUT2D eigenvalue weighted by Gasteiger charge is 2.13. The highest BCUT2D eigenvalue weighted by Crippen LogP contribution is 2.23. The fourth-order valence-electron chi connectivity index (χ4n) is 1.55. The van der Waals surface area contributed by atoms with Gasteiger partial charge < -0.3 is 4.90 Å². The lowest BCUT2D eigenvalue weighted by Gasteiger charge is -2.20. The van der Waals surface area contributed by atoms with E-state index in [-0.39, 0.29) is 5.91 Å². The number of hydrogen-bond acceptors (Lipinski definition) is 1. The summed E-state index contributed by atoms with van der Waals surface area (Å²) in [6.45, 7) is 4.05. The number of amides is 1. The maximum absolute atomic E-state index is 11.5. The summed E-state index contributed by atoms with van der Waals surface area (Å²) in [5.74, 6) is 0.142. The zero-order chi connectivity index (χ0) is 10.7. The number of anilines is 1. The number of carbonyl (C=O) groups is 1. The van der Waals surface area contributed by atoms with Gasteiger partial charge in [-0.1, -0.05) is 40.8 Å². The Bertz CT molecular complexity index is 329. The van der Waals surface area contributed by atoms with Crippen LogP contribution in [0.5, 0.6) is 0 Å². The van der Waals surface area contributed by atoms with Crippen LogP contribution in [0.3, 0.4) is 0 Å². The third kappa shape index (κ3) is 2.26. The van der Waals surface area contributed by atoms with Gasteiger partial charge in [0.1, 0.15) is 0 Å². The zero-order valence-electron chi connectivity index (χ0n) is 8.67. The highest BCUT2D eigenvalue weighted by atomic mass is 127.